The number of piperidine rings is 2. The number of carbonyl (C=O) groups is 4. The third-order valence-corrected chi connectivity index (χ3v) is 17.7. The van der Waals surface area contributed by atoms with Crippen LogP contribution in [0.2, 0.25) is 40.2 Å². The van der Waals surface area contributed by atoms with E-state index in [1.54, 1.807) is 109 Å². The number of hydrogen-bond donors (Lipinski definition) is 7. The van der Waals surface area contributed by atoms with Gasteiger partial charge in [-0.1, -0.05) is 117 Å². The Labute approximate surface area is 617 Å². The first-order chi connectivity index (χ1) is 47.6. The van der Waals surface area contributed by atoms with Crippen LogP contribution in [0.25, 0.3) is 0 Å². The van der Waals surface area contributed by atoms with E-state index in [2.05, 4.69) is 36.8 Å². The van der Waals surface area contributed by atoms with Crippen molar-refractivity contribution in [2.24, 2.45) is 5.73 Å². The quantitative estimate of drug-likeness (QED) is 0.0402. The van der Waals surface area contributed by atoms with Gasteiger partial charge in [-0.3, -0.25) is 24.1 Å². The number of nitrogens with zero attached hydrogens (tertiary/aromatic N) is 1. The van der Waals surface area contributed by atoms with E-state index in [0.717, 1.165) is 107 Å². The van der Waals surface area contributed by atoms with Gasteiger partial charge in [-0.05, 0) is 223 Å². The molecule has 17 nitrogen and oxygen atoms in total. The van der Waals surface area contributed by atoms with E-state index in [9.17, 15) is 19.2 Å². The monoisotopic (exact) mass is 1500 g/mol. The molecule has 11 rings (SSSR count). The third-order valence-electron chi connectivity index (χ3n) is 15.5. The second-order valence-corrected chi connectivity index (χ2v) is 26.8. The van der Waals surface area contributed by atoms with Gasteiger partial charge in [-0.2, -0.15) is 0 Å². The minimum absolute atomic E-state index is 0.0944. The maximum absolute atomic E-state index is 12.8. The topological polar surface area (TPSA) is 216 Å². The van der Waals surface area contributed by atoms with Gasteiger partial charge in [0, 0.05) is 46.3 Å². The third kappa shape index (κ3) is 24.6. The van der Waals surface area contributed by atoms with Crippen LogP contribution >= 0.6 is 92.8 Å². The lowest BCUT2D eigenvalue weighted by Gasteiger charge is -2.26. The Hall–Kier alpha value is -7.04. The molecule has 524 valence electrons. The Morgan fingerprint density at radius 3 is 1.02 bits per heavy atom. The van der Waals surface area contributed by atoms with Crippen molar-refractivity contribution in [1.29, 1.82) is 0 Å². The van der Waals surface area contributed by atoms with Gasteiger partial charge >= 0.3 is 0 Å². The Kier molecular flexibility index (Phi) is 30.8. The van der Waals surface area contributed by atoms with Gasteiger partial charge in [0.05, 0.1) is 78.3 Å². The number of nitrogens with one attached hydrogen (secondary N) is 6. The number of nitrogens with two attached hydrogens (primary N) is 1. The number of morpholine rings is 1. The molecule has 0 spiro atoms. The van der Waals surface area contributed by atoms with Crippen LogP contribution in [0.3, 0.4) is 0 Å². The highest BCUT2D eigenvalue weighted by Crippen LogP contribution is 2.34. The van der Waals surface area contributed by atoms with Crippen molar-refractivity contribution in [3.63, 3.8) is 0 Å². The van der Waals surface area contributed by atoms with Crippen LogP contribution in [0.5, 0.6) is 23.0 Å². The van der Waals surface area contributed by atoms with Crippen LogP contribution in [0.15, 0.2) is 146 Å². The van der Waals surface area contributed by atoms with E-state index < -0.39 is 0 Å². The summed E-state index contributed by atoms with van der Waals surface area (Å²) in [4.78, 5) is 53.0. The van der Waals surface area contributed by atoms with E-state index in [-0.39, 0.29) is 35.8 Å². The lowest BCUT2D eigenvalue weighted by molar-refractivity contribution is 0.0322. The molecule has 0 unspecified atom stereocenters. The van der Waals surface area contributed by atoms with Gasteiger partial charge in [0.15, 0.2) is 0 Å². The molecule has 0 saturated carbocycles. The molecule has 0 atom stereocenters. The molecule has 4 amide bonds. The molecule has 99 heavy (non-hydrogen) atoms. The Balaban J connectivity index is 0.000000169. The van der Waals surface area contributed by atoms with E-state index >= 15 is 0 Å². The van der Waals surface area contributed by atoms with Crippen molar-refractivity contribution < 1.29 is 42.9 Å². The van der Waals surface area contributed by atoms with Crippen molar-refractivity contribution in [2.45, 2.75) is 65.6 Å². The second-order valence-electron chi connectivity index (χ2n) is 23.4. The molecule has 8 aromatic rings. The lowest BCUT2D eigenvalue weighted by atomic mass is 10.1. The van der Waals surface area contributed by atoms with Gasteiger partial charge in [-0.15, -0.1) is 0 Å². The largest absolute Gasteiger partial charge is 0.491 e. The van der Waals surface area contributed by atoms with Crippen LogP contribution < -0.4 is 56.6 Å². The molecule has 8 N–H and O–H groups in total. The molecule has 0 radical (unpaired) electrons. The smallest absolute Gasteiger partial charge is 0.259 e. The van der Waals surface area contributed by atoms with E-state index in [4.69, 9.17) is 122 Å². The van der Waals surface area contributed by atoms with Gasteiger partial charge in [-0.25, -0.2) is 0 Å². The number of hydrogen-bond acceptors (Lipinski definition) is 13. The van der Waals surface area contributed by atoms with Gasteiger partial charge < -0.3 is 61.3 Å². The lowest BCUT2D eigenvalue weighted by Crippen LogP contribution is -2.38. The summed E-state index contributed by atoms with van der Waals surface area (Å²) in [5.74, 6) is 0.748. The van der Waals surface area contributed by atoms with Crippen molar-refractivity contribution in [2.75, 3.05) is 100 Å². The van der Waals surface area contributed by atoms with Crippen molar-refractivity contribution in [3.8, 4) is 23.0 Å². The van der Waals surface area contributed by atoms with E-state index in [1.807, 2.05) is 64.1 Å². The van der Waals surface area contributed by atoms with Crippen molar-refractivity contribution >= 4 is 139 Å². The molecule has 3 heterocycles. The fraction of sp³-hybridized carbons (Fsp3) is 0.297. The molecule has 8 aromatic carbocycles. The number of rotatable bonds is 19. The zero-order valence-electron chi connectivity index (χ0n) is 55.0. The first kappa shape index (κ1) is 77.7. The summed E-state index contributed by atoms with van der Waals surface area (Å²) in [5, 5.41) is 21.7. The summed E-state index contributed by atoms with van der Waals surface area (Å²) in [7, 11) is 0. The van der Waals surface area contributed by atoms with Crippen LogP contribution in [0.1, 0.15) is 89.4 Å². The molecule has 3 aliphatic heterocycles. The number of benzene rings is 8. The summed E-state index contributed by atoms with van der Waals surface area (Å²) < 4.78 is 28.8. The van der Waals surface area contributed by atoms with Gasteiger partial charge in [0.1, 0.15) is 48.4 Å². The number of anilines is 4. The predicted molar refractivity (Wildman–Crippen MR) is 403 cm³/mol. The number of ether oxygens (including phenoxy) is 5. The molecular weight excluding hydrogens is 1430 g/mol. The Morgan fingerprint density at radius 2 is 0.717 bits per heavy atom. The number of carbonyl (C=O) groups excluding carboxylic acids is 4. The number of halogens is 8. The minimum atomic E-state index is -0.347. The number of amides is 4. The molecule has 0 aromatic heterocycles. The predicted octanol–water partition coefficient (Wildman–Crippen LogP) is 17.5. The maximum Gasteiger partial charge on any atom is 0.259 e. The maximum atomic E-state index is 12.8. The fourth-order valence-electron chi connectivity index (χ4n) is 10.3. The molecule has 3 saturated heterocycles. The zero-order chi connectivity index (χ0) is 71.0. The number of aryl methyl sites for hydroxylation is 4. The first-order valence-corrected chi connectivity index (χ1v) is 35.1. The van der Waals surface area contributed by atoms with Crippen LogP contribution in [-0.2, 0) is 4.74 Å². The molecule has 0 bridgehead atoms. The van der Waals surface area contributed by atoms with E-state index in [0.29, 0.717) is 128 Å². The average molecular weight is 1510 g/mol. The standard InChI is InChI=1S/C20H22Cl2N2O3.2C19H20Cl2N2O2.C16H16Cl2N2O2/c1-14-2-4-18(17(22)12-14)23-20(25)16-13-15(21)3-5-19(16)27-11-8-24-6-9-26-10-7-24;2*1-12-2-4-17(16(21)10-12)23-19(24)15-11-13(20)3-5-18(15)25-14-6-8-22-9-7-14;1-10-2-4-14(13(18)8-10)20-16(21)12-9-11(17)3-5-15(12)22-7-6-19/h2-5,12-13H,6-11H2,1H3,(H,23,25);2*2-5,10-11,14,22H,6-9H2,1H3,(H,23,24);2-5,8-9H,6-7,19H2,1H3,(H,20,21). The highest BCUT2D eigenvalue weighted by Gasteiger charge is 2.24. The first-order valence-electron chi connectivity index (χ1n) is 32.1. The van der Waals surface area contributed by atoms with Crippen LogP contribution in [0.4, 0.5) is 22.7 Å². The van der Waals surface area contributed by atoms with Gasteiger partial charge in [0.2, 0.25) is 0 Å². The zero-order valence-corrected chi connectivity index (χ0v) is 61.1. The fourth-order valence-corrected chi connectivity index (χ4v) is 12.1. The molecule has 0 aliphatic carbocycles. The Morgan fingerprint density at radius 1 is 0.424 bits per heavy atom. The molecule has 3 aliphatic rings. The van der Waals surface area contributed by atoms with Gasteiger partial charge in [0.25, 0.3) is 23.6 Å². The summed E-state index contributed by atoms with van der Waals surface area (Å²) in [6.45, 7) is 16.6. The minimum Gasteiger partial charge on any atom is -0.491 e. The molecule has 25 heteroatoms. The summed E-state index contributed by atoms with van der Waals surface area (Å²) in [6.07, 6.45) is 3.83. The summed E-state index contributed by atoms with van der Waals surface area (Å²) in [5.41, 5.74) is 13.2. The molecule has 3 fully saturated rings. The highest BCUT2D eigenvalue weighted by atomic mass is 35.5. The summed E-state index contributed by atoms with van der Waals surface area (Å²) >= 11 is 49.0. The van der Waals surface area contributed by atoms with Crippen molar-refractivity contribution in [1.82, 2.24) is 15.5 Å². The second kappa shape index (κ2) is 39.2. The van der Waals surface area contributed by atoms with Crippen molar-refractivity contribution in [3.05, 3.63) is 230 Å². The normalized spacial score (nSPS) is 13.9. The van der Waals surface area contributed by atoms with Crippen LogP contribution in [0, 0.1) is 27.7 Å². The molecular formula is C74H78Cl8N8O9. The van der Waals surface area contributed by atoms with E-state index in [1.165, 1.54) is 0 Å². The highest BCUT2D eigenvalue weighted by molar-refractivity contribution is 6.36. The average Bonchev–Trinajstić information content (AvgIpc) is 0.848. The Bertz CT molecular complexity index is 3950. The summed E-state index contributed by atoms with van der Waals surface area (Å²) in [6, 6.07) is 41.9. The van der Waals surface area contributed by atoms with Crippen LogP contribution in [-0.4, -0.2) is 120 Å². The SMILES string of the molecule is Cc1ccc(NC(=O)c2cc(Cl)ccc2OC2CCNCC2)c(Cl)c1.Cc1ccc(NC(=O)c2cc(Cl)ccc2OC2CCNCC2)c(Cl)c1.Cc1ccc(NC(=O)c2cc(Cl)ccc2OCCN)c(Cl)c1.Cc1ccc(NC(=O)c2cc(Cl)ccc2OCCN2CCOCC2)c(Cl)c1.